The summed E-state index contributed by atoms with van der Waals surface area (Å²) in [5.41, 5.74) is 5.11. The molecule has 0 heterocycles. The minimum absolute atomic E-state index is 0. The number of rotatable bonds is 5. The van der Waals surface area contributed by atoms with Crippen molar-refractivity contribution in [2.24, 2.45) is 5.73 Å². The van der Waals surface area contributed by atoms with E-state index in [2.05, 4.69) is 0 Å². The first-order chi connectivity index (χ1) is 5.07. The van der Waals surface area contributed by atoms with Gasteiger partial charge in [0.1, 0.15) is 6.04 Å². The molecule has 0 aromatic heterocycles. The van der Waals surface area contributed by atoms with E-state index in [1.54, 1.807) is 0 Å². The summed E-state index contributed by atoms with van der Waals surface area (Å²) in [6, 6.07) is -0.972. The number of aliphatic hydroxyl groups is 1. The lowest BCUT2D eigenvalue weighted by Crippen LogP contribution is -2.30. The van der Waals surface area contributed by atoms with Crippen molar-refractivity contribution in [3.63, 3.8) is 0 Å². The van der Waals surface area contributed by atoms with Gasteiger partial charge < -0.3 is 22.1 Å². The summed E-state index contributed by atoms with van der Waals surface area (Å²) in [5, 5.41) is 16.6. The maximum atomic E-state index is 10.6. The molecular weight excluding hydrogens is 183 g/mol. The van der Waals surface area contributed by atoms with E-state index >= 15 is 0 Å². The second-order valence-corrected chi connectivity index (χ2v) is 3.77. The van der Waals surface area contributed by atoms with Gasteiger partial charge in [-0.15, -0.1) is 0 Å². The Balaban J connectivity index is 0. The third-order valence-corrected chi connectivity index (χ3v) is 2.24. The molecule has 0 bridgehead atoms. The highest BCUT2D eigenvalue weighted by molar-refractivity contribution is 7.44. The van der Waals surface area contributed by atoms with E-state index in [1.807, 2.05) is 0 Å². The zero-order valence-corrected chi connectivity index (χ0v) is 7.54. The summed E-state index contributed by atoms with van der Waals surface area (Å²) < 4.78 is 10.6. The standard InChI is InChI=1S/C5H10NO4P.H3N/c6-4(5(8)9)1-2-11(10)3-7;/h4,7H,1-3,6H2;1H3/p+1/t4-;/m0./s1. The van der Waals surface area contributed by atoms with Crippen LogP contribution in [0, 0.1) is 0 Å². The van der Waals surface area contributed by atoms with Gasteiger partial charge in [-0.3, -0.25) is 4.79 Å². The number of aliphatic carboxylic acids is 1. The van der Waals surface area contributed by atoms with Gasteiger partial charge in [0.25, 0.3) is 0 Å². The van der Waals surface area contributed by atoms with E-state index in [0.717, 1.165) is 0 Å². The molecule has 0 radical (unpaired) electrons. The number of carboxylic acids is 1. The van der Waals surface area contributed by atoms with Gasteiger partial charge in [0.05, 0.1) is 0 Å². The highest BCUT2D eigenvalue weighted by Gasteiger charge is 2.18. The molecule has 0 saturated carbocycles. The topological polar surface area (TPSA) is 136 Å². The molecule has 0 fully saturated rings. The summed E-state index contributed by atoms with van der Waals surface area (Å²) in [6.45, 7) is 0. The number of carboxylic acid groups (broad SMARTS) is 1. The first-order valence-corrected chi connectivity index (χ1v) is 4.72. The molecule has 1 unspecified atom stereocenters. The van der Waals surface area contributed by atoms with Crippen LogP contribution in [0.1, 0.15) is 6.42 Å². The van der Waals surface area contributed by atoms with Crippen LogP contribution in [0.2, 0.25) is 0 Å². The molecule has 7 heteroatoms. The Labute approximate surface area is 71.1 Å². The summed E-state index contributed by atoms with van der Waals surface area (Å²) in [5.74, 6) is -1.11. The molecule has 0 spiro atoms. The monoisotopic (exact) mass is 197 g/mol. The fourth-order valence-corrected chi connectivity index (χ4v) is 1.18. The highest BCUT2D eigenvalue weighted by Crippen LogP contribution is 2.19. The van der Waals surface area contributed by atoms with E-state index in [1.165, 1.54) is 0 Å². The van der Waals surface area contributed by atoms with Gasteiger partial charge >= 0.3 is 13.8 Å². The van der Waals surface area contributed by atoms with Gasteiger partial charge in [-0.2, -0.15) is 0 Å². The van der Waals surface area contributed by atoms with Crippen LogP contribution in [0.15, 0.2) is 0 Å². The third kappa shape index (κ3) is 6.18. The average Bonchev–Trinajstić information content (AvgIpc) is 1.99. The van der Waals surface area contributed by atoms with Crippen molar-refractivity contribution in [3.05, 3.63) is 0 Å². The van der Waals surface area contributed by atoms with Crippen LogP contribution in [0.25, 0.3) is 0 Å². The van der Waals surface area contributed by atoms with Crippen LogP contribution in [0.3, 0.4) is 0 Å². The van der Waals surface area contributed by atoms with E-state index in [9.17, 15) is 9.36 Å². The highest BCUT2D eigenvalue weighted by atomic mass is 31.1. The van der Waals surface area contributed by atoms with Crippen molar-refractivity contribution in [2.45, 2.75) is 12.5 Å². The smallest absolute Gasteiger partial charge is 0.366 e. The van der Waals surface area contributed by atoms with Crippen molar-refractivity contribution >= 4 is 13.8 Å². The quantitative estimate of drug-likeness (QED) is 0.448. The van der Waals surface area contributed by atoms with Crippen molar-refractivity contribution in [1.29, 1.82) is 0 Å². The molecule has 0 aliphatic carbocycles. The lowest BCUT2D eigenvalue weighted by molar-refractivity contribution is -0.138. The van der Waals surface area contributed by atoms with Gasteiger partial charge in [0, 0.05) is 6.42 Å². The minimum Gasteiger partial charge on any atom is -0.480 e. The Morgan fingerprint density at radius 2 is 2.08 bits per heavy atom. The summed E-state index contributed by atoms with van der Waals surface area (Å²) >= 11 is 0. The van der Waals surface area contributed by atoms with Crippen LogP contribution in [0.4, 0.5) is 0 Å². The van der Waals surface area contributed by atoms with E-state index < -0.39 is 26.2 Å². The zero-order valence-electron chi connectivity index (χ0n) is 6.64. The molecule has 0 aliphatic rings. The maximum Gasteiger partial charge on any atom is 0.366 e. The van der Waals surface area contributed by atoms with Gasteiger partial charge in [-0.25, -0.2) is 0 Å². The van der Waals surface area contributed by atoms with E-state index in [0.29, 0.717) is 0 Å². The van der Waals surface area contributed by atoms with Crippen molar-refractivity contribution < 1.29 is 19.6 Å². The fraction of sp³-hybridized carbons (Fsp3) is 0.800. The predicted octanol–water partition coefficient (Wildman–Crippen LogP) is -0.272. The molecule has 0 aliphatic heterocycles. The number of hydrogen-bond acceptors (Lipinski definition) is 5. The largest absolute Gasteiger partial charge is 0.480 e. The molecule has 12 heavy (non-hydrogen) atoms. The fourth-order valence-electron chi connectivity index (χ4n) is 0.477. The Hall–Kier alpha value is -0.550. The second kappa shape index (κ2) is 7.12. The Kier molecular flexibility index (Phi) is 8.31. The molecule has 7 N–H and O–H groups in total. The average molecular weight is 197 g/mol. The van der Waals surface area contributed by atoms with Crippen LogP contribution in [-0.2, 0) is 9.36 Å². The maximum absolute atomic E-state index is 10.6. The SMILES string of the molecule is N.N[C@@H](CC[P+](=O)CO)C(=O)O. The number of aliphatic hydroxyl groups excluding tert-OH is 1. The third-order valence-electron chi connectivity index (χ3n) is 1.16. The minimum atomic E-state index is -1.67. The molecule has 0 rings (SSSR count). The van der Waals surface area contributed by atoms with Crippen molar-refractivity contribution in [2.75, 3.05) is 12.5 Å². The van der Waals surface area contributed by atoms with Crippen LogP contribution < -0.4 is 11.9 Å². The van der Waals surface area contributed by atoms with Gasteiger partial charge in [-0.1, -0.05) is 4.57 Å². The molecule has 2 atom stereocenters. The normalized spacial score (nSPS) is 13.0. The van der Waals surface area contributed by atoms with E-state index in [-0.39, 0.29) is 18.7 Å². The molecule has 6 nitrogen and oxygen atoms in total. The van der Waals surface area contributed by atoms with Crippen LogP contribution >= 0.6 is 7.80 Å². The first kappa shape index (κ1) is 14.0. The summed E-state index contributed by atoms with van der Waals surface area (Å²) in [7, 11) is -1.67. The summed E-state index contributed by atoms with van der Waals surface area (Å²) in [6.07, 6.45) is -0.0912. The zero-order chi connectivity index (χ0) is 8.85. The lowest BCUT2D eigenvalue weighted by Gasteiger charge is -1.99. The number of nitrogens with two attached hydrogens (primary N) is 1. The molecule has 0 aromatic carbocycles. The molecule has 0 aromatic rings. The van der Waals surface area contributed by atoms with Gasteiger partial charge in [-0.05, 0) is 0 Å². The van der Waals surface area contributed by atoms with Crippen LogP contribution in [0.5, 0.6) is 0 Å². The Morgan fingerprint density at radius 1 is 1.58 bits per heavy atom. The second-order valence-electron chi connectivity index (χ2n) is 2.08. The van der Waals surface area contributed by atoms with Crippen molar-refractivity contribution in [3.8, 4) is 0 Å². The van der Waals surface area contributed by atoms with Crippen molar-refractivity contribution in [1.82, 2.24) is 6.15 Å². The summed E-state index contributed by atoms with van der Waals surface area (Å²) in [4.78, 5) is 10.1. The Morgan fingerprint density at radius 3 is 2.42 bits per heavy atom. The predicted molar refractivity (Wildman–Crippen MR) is 44.8 cm³/mol. The van der Waals surface area contributed by atoms with Gasteiger partial charge in [0.15, 0.2) is 6.16 Å². The van der Waals surface area contributed by atoms with Gasteiger partial charge in [0.2, 0.25) is 6.35 Å². The lowest BCUT2D eigenvalue weighted by atomic mass is 10.2. The molecule has 72 valence electrons. The molecule has 0 amide bonds. The number of hydrogen-bond donors (Lipinski definition) is 4. The number of carbonyl (C=O) groups is 1. The van der Waals surface area contributed by atoms with Crippen LogP contribution in [-0.4, -0.2) is 34.7 Å². The Bertz CT molecular complexity index is 164. The molecular formula is C5H14N2O4P+. The molecule has 0 saturated heterocycles. The van der Waals surface area contributed by atoms with E-state index in [4.69, 9.17) is 15.9 Å². The first-order valence-electron chi connectivity index (χ1n) is 3.09.